The standard InChI is InChI=1S/C25H33Cl2N3O5S/c1-6-17(3)28-25(32)21(7-2)29(15-18-12-13-19(26)20(27)14-18)24(31)16-30(36(5,33)34)22-10-8-9-11-23(22)35-4/h8-14,17,21H,6-7,15-16H2,1-5H3,(H,28,32)/t17-,21+/m1/s1. The van der Waals surface area contributed by atoms with Crippen LogP contribution in [0, 0.1) is 0 Å². The summed E-state index contributed by atoms with van der Waals surface area (Å²) in [6.07, 6.45) is 2.06. The minimum Gasteiger partial charge on any atom is -0.495 e. The third-order valence-electron chi connectivity index (χ3n) is 5.76. The molecule has 0 radical (unpaired) electrons. The van der Waals surface area contributed by atoms with Crippen LogP contribution in [0.3, 0.4) is 0 Å². The van der Waals surface area contributed by atoms with Crippen molar-refractivity contribution in [2.45, 2.75) is 52.2 Å². The van der Waals surface area contributed by atoms with Crippen LogP contribution in [-0.2, 0) is 26.2 Å². The average molecular weight is 559 g/mol. The molecule has 198 valence electrons. The smallest absolute Gasteiger partial charge is 0.244 e. The Bertz CT molecular complexity index is 1180. The van der Waals surface area contributed by atoms with Crippen molar-refractivity contribution in [2.24, 2.45) is 0 Å². The van der Waals surface area contributed by atoms with Crippen molar-refractivity contribution in [3.8, 4) is 5.75 Å². The Balaban J connectivity index is 2.50. The summed E-state index contributed by atoms with van der Waals surface area (Å²) in [4.78, 5) is 28.3. The Morgan fingerprint density at radius 2 is 1.72 bits per heavy atom. The molecule has 2 aromatic carbocycles. The quantitative estimate of drug-likeness (QED) is 0.414. The van der Waals surface area contributed by atoms with Gasteiger partial charge in [0.2, 0.25) is 21.8 Å². The highest BCUT2D eigenvalue weighted by Crippen LogP contribution is 2.30. The molecule has 0 saturated heterocycles. The highest BCUT2D eigenvalue weighted by molar-refractivity contribution is 7.92. The Morgan fingerprint density at radius 3 is 2.28 bits per heavy atom. The van der Waals surface area contributed by atoms with E-state index < -0.39 is 28.5 Å². The molecule has 0 saturated carbocycles. The summed E-state index contributed by atoms with van der Waals surface area (Å²) in [6.45, 7) is 5.13. The summed E-state index contributed by atoms with van der Waals surface area (Å²) < 4.78 is 31.8. The fourth-order valence-corrected chi connectivity index (χ4v) is 4.80. The minimum absolute atomic E-state index is 0.0334. The molecule has 2 amide bonds. The van der Waals surface area contributed by atoms with Gasteiger partial charge in [-0.2, -0.15) is 0 Å². The predicted molar refractivity (Wildman–Crippen MR) is 144 cm³/mol. The van der Waals surface area contributed by atoms with Gasteiger partial charge in [0.05, 0.1) is 29.1 Å². The van der Waals surface area contributed by atoms with Crippen molar-refractivity contribution in [3.63, 3.8) is 0 Å². The van der Waals surface area contributed by atoms with Gasteiger partial charge < -0.3 is 15.0 Å². The molecule has 0 aliphatic rings. The number of ether oxygens (including phenoxy) is 1. The van der Waals surface area contributed by atoms with Gasteiger partial charge in [0, 0.05) is 12.6 Å². The van der Waals surface area contributed by atoms with Crippen molar-refractivity contribution in [1.82, 2.24) is 10.2 Å². The fraction of sp³-hybridized carbons (Fsp3) is 0.440. The molecule has 0 spiro atoms. The highest BCUT2D eigenvalue weighted by atomic mass is 35.5. The summed E-state index contributed by atoms with van der Waals surface area (Å²) in [7, 11) is -2.45. The molecule has 0 aromatic heterocycles. The molecule has 0 aliphatic carbocycles. The first kappa shape index (κ1) is 29.7. The first-order chi connectivity index (χ1) is 16.9. The van der Waals surface area contributed by atoms with E-state index in [1.165, 1.54) is 12.0 Å². The molecule has 1 N–H and O–H groups in total. The summed E-state index contributed by atoms with van der Waals surface area (Å²) in [5.74, 6) is -0.569. The van der Waals surface area contributed by atoms with Crippen LogP contribution < -0.4 is 14.4 Å². The molecular formula is C25H33Cl2N3O5S. The van der Waals surface area contributed by atoms with Crippen molar-refractivity contribution >= 4 is 50.7 Å². The second-order valence-electron chi connectivity index (χ2n) is 8.45. The maximum absolute atomic E-state index is 13.7. The van der Waals surface area contributed by atoms with Crippen LogP contribution in [0.25, 0.3) is 0 Å². The van der Waals surface area contributed by atoms with E-state index in [4.69, 9.17) is 27.9 Å². The van der Waals surface area contributed by atoms with E-state index in [0.29, 0.717) is 27.8 Å². The number of hydrogen-bond acceptors (Lipinski definition) is 5. The van der Waals surface area contributed by atoms with Crippen molar-refractivity contribution in [3.05, 3.63) is 58.1 Å². The number of amides is 2. The van der Waals surface area contributed by atoms with Gasteiger partial charge in [0.25, 0.3) is 0 Å². The lowest BCUT2D eigenvalue weighted by Crippen LogP contribution is -2.53. The van der Waals surface area contributed by atoms with E-state index in [-0.39, 0.29) is 24.2 Å². The Morgan fingerprint density at radius 1 is 1.06 bits per heavy atom. The van der Waals surface area contributed by atoms with Gasteiger partial charge in [-0.3, -0.25) is 13.9 Å². The number of para-hydroxylation sites is 2. The lowest BCUT2D eigenvalue weighted by Gasteiger charge is -2.33. The Kier molecular flexibility index (Phi) is 10.9. The van der Waals surface area contributed by atoms with Gasteiger partial charge in [-0.1, -0.05) is 55.2 Å². The van der Waals surface area contributed by atoms with Crippen LogP contribution in [0.1, 0.15) is 39.2 Å². The van der Waals surface area contributed by atoms with E-state index in [0.717, 1.165) is 17.0 Å². The zero-order chi connectivity index (χ0) is 27.0. The average Bonchev–Trinajstić information content (AvgIpc) is 2.83. The monoisotopic (exact) mass is 557 g/mol. The number of anilines is 1. The van der Waals surface area contributed by atoms with Gasteiger partial charge in [-0.15, -0.1) is 0 Å². The molecule has 0 fully saturated rings. The van der Waals surface area contributed by atoms with E-state index in [1.807, 2.05) is 13.8 Å². The van der Waals surface area contributed by atoms with Crippen LogP contribution in [0.5, 0.6) is 5.75 Å². The van der Waals surface area contributed by atoms with Crippen molar-refractivity contribution < 1.29 is 22.7 Å². The predicted octanol–water partition coefficient (Wildman–Crippen LogP) is 4.49. The number of benzene rings is 2. The van der Waals surface area contributed by atoms with Gasteiger partial charge in [0.15, 0.2) is 0 Å². The molecule has 0 bridgehead atoms. The van der Waals surface area contributed by atoms with Gasteiger partial charge in [-0.25, -0.2) is 8.42 Å². The second-order valence-corrected chi connectivity index (χ2v) is 11.2. The third-order valence-corrected chi connectivity index (χ3v) is 7.62. The Labute approximate surface area is 223 Å². The van der Waals surface area contributed by atoms with Crippen molar-refractivity contribution in [2.75, 3.05) is 24.2 Å². The number of nitrogens with one attached hydrogen (secondary N) is 1. The van der Waals surface area contributed by atoms with E-state index in [2.05, 4.69) is 5.32 Å². The van der Waals surface area contributed by atoms with E-state index in [1.54, 1.807) is 49.4 Å². The number of carbonyl (C=O) groups is 2. The molecule has 0 heterocycles. The largest absolute Gasteiger partial charge is 0.495 e. The van der Waals surface area contributed by atoms with Crippen LogP contribution in [0.2, 0.25) is 10.0 Å². The number of carbonyl (C=O) groups excluding carboxylic acids is 2. The molecule has 0 aliphatic heterocycles. The second kappa shape index (κ2) is 13.2. The summed E-state index contributed by atoms with van der Waals surface area (Å²) in [6, 6.07) is 10.5. The number of methoxy groups -OCH3 is 1. The fourth-order valence-electron chi connectivity index (χ4n) is 3.63. The maximum Gasteiger partial charge on any atom is 0.244 e. The first-order valence-electron chi connectivity index (χ1n) is 11.6. The van der Waals surface area contributed by atoms with Crippen LogP contribution >= 0.6 is 23.2 Å². The maximum atomic E-state index is 13.7. The number of hydrogen-bond donors (Lipinski definition) is 1. The molecule has 2 atom stereocenters. The van der Waals surface area contributed by atoms with E-state index >= 15 is 0 Å². The molecule has 8 nitrogen and oxygen atoms in total. The molecule has 2 rings (SSSR count). The highest BCUT2D eigenvalue weighted by Gasteiger charge is 2.33. The third kappa shape index (κ3) is 7.75. The van der Waals surface area contributed by atoms with Crippen LogP contribution in [-0.4, -0.2) is 57.1 Å². The lowest BCUT2D eigenvalue weighted by molar-refractivity contribution is -0.140. The van der Waals surface area contributed by atoms with Crippen molar-refractivity contribution in [1.29, 1.82) is 0 Å². The summed E-state index contributed by atoms with van der Waals surface area (Å²) in [5.41, 5.74) is 0.873. The lowest BCUT2D eigenvalue weighted by atomic mass is 10.1. The van der Waals surface area contributed by atoms with Gasteiger partial charge >= 0.3 is 0 Å². The summed E-state index contributed by atoms with van der Waals surface area (Å²) >= 11 is 12.2. The number of sulfonamides is 1. The summed E-state index contributed by atoms with van der Waals surface area (Å²) in [5, 5.41) is 3.59. The van der Waals surface area contributed by atoms with Gasteiger partial charge in [0.1, 0.15) is 18.3 Å². The number of rotatable bonds is 12. The zero-order valence-electron chi connectivity index (χ0n) is 21.1. The molecule has 11 heteroatoms. The van der Waals surface area contributed by atoms with E-state index in [9.17, 15) is 18.0 Å². The molecule has 0 unspecified atom stereocenters. The molecule has 2 aromatic rings. The SMILES string of the molecule is CC[C@@H](C)NC(=O)[C@H](CC)N(Cc1ccc(Cl)c(Cl)c1)C(=O)CN(c1ccccc1OC)S(C)(=O)=O. The topological polar surface area (TPSA) is 96.0 Å². The normalized spacial score (nSPS) is 13.0. The Hall–Kier alpha value is -2.49. The molecular weight excluding hydrogens is 525 g/mol. The zero-order valence-corrected chi connectivity index (χ0v) is 23.5. The number of halogens is 2. The van der Waals surface area contributed by atoms with Crippen LogP contribution in [0.4, 0.5) is 5.69 Å². The first-order valence-corrected chi connectivity index (χ1v) is 14.2. The number of nitrogens with zero attached hydrogens (tertiary/aromatic N) is 2. The minimum atomic E-state index is -3.87. The van der Waals surface area contributed by atoms with Gasteiger partial charge in [-0.05, 0) is 49.6 Å². The van der Waals surface area contributed by atoms with Crippen LogP contribution in [0.15, 0.2) is 42.5 Å². The molecule has 36 heavy (non-hydrogen) atoms.